The van der Waals surface area contributed by atoms with Crippen LogP contribution in [-0.2, 0) is 6.54 Å². The van der Waals surface area contributed by atoms with Gasteiger partial charge in [-0.05, 0) is 28.1 Å². The van der Waals surface area contributed by atoms with Crippen LogP contribution in [0.3, 0.4) is 0 Å². The van der Waals surface area contributed by atoms with Crippen LogP contribution in [-0.4, -0.2) is 30.2 Å². The van der Waals surface area contributed by atoms with E-state index in [-0.39, 0.29) is 0 Å². The van der Waals surface area contributed by atoms with Crippen molar-refractivity contribution in [1.29, 1.82) is 0 Å². The second-order valence-corrected chi connectivity index (χ2v) is 5.85. The van der Waals surface area contributed by atoms with E-state index in [0.29, 0.717) is 24.1 Å². The van der Waals surface area contributed by atoms with E-state index in [1.807, 2.05) is 42.5 Å². The van der Waals surface area contributed by atoms with Crippen LogP contribution < -0.4 is 10.6 Å². The van der Waals surface area contributed by atoms with Gasteiger partial charge in [-0.2, -0.15) is 9.67 Å². The molecular formula is C18H14N8. The highest BCUT2D eigenvalue weighted by Crippen LogP contribution is 2.35. The van der Waals surface area contributed by atoms with Gasteiger partial charge in [0.25, 0.3) is 0 Å². The molecule has 2 aromatic heterocycles. The first-order valence-electron chi connectivity index (χ1n) is 8.18. The minimum Gasteiger partial charge on any atom is -0.350 e. The first kappa shape index (κ1) is 14.5. The summed E-state index contributed by atoms with van der Waals surface area (Å²) in [4.78, 5) is 9.04. The summed E-state index contributed by atoms with van der Waals surface area (Å²) in [5, 5.41) is 18.7. The molecule has 0 atom stereocenters. The molecule has 0 spiro atoms. The van der Waals surface area contributed by atoms with Gasteiger partial charge in [0.15, 0.2) is 5.82 Å². The van der Waals surface area contributed by atoms with Gasteiger partial charge in [-0.1, -0.05) is 42.5 Å². The summed E-state index contributed by atoms with van der Waals surface area (Å²) in [5.74, 6) is 1.81. The van der Waals surface area contributed by atoms with Gasteiger partial charge in [-0.15, -0.1) is 5.10 Å². The highest BCUT2D eigenvalue weighted by molar-refractivity contribution is 5.81. The van der Waals surface area contributed by atoms with Crippen LogP contribution in [0.4, 0.5) is 17.5 Å². The number of rotatable bonds is 3. The molecule has 0 saturated heterocycles. The van der Waals surface area contributed by atoms with Crippen molar-refractivity contribution in [2.75, 3.05) is 10.6 Å². The Morgan fingerprint density at radius 3 is 2.77 bits per heavy atom. The molecule has 0 amide bonds. The lowest BCUT2D eigenvalue weighted by Crippen LogP contribution is -2.06. The van der Waals surface area contributed by atoms with Crippen molar-refractivity contribution in [2.45, 2.75) is 6.54 Å². The summed E-state index contributed by atoms with van der Waals surface area (Å²) in [7, 11) is 0. The monoisotopic (exact) mass is 342 g/mol. The fraction of sp³-hybridized carbons (Fsp3) is 0.0556. The molecule has 0 aliphatic carbocycles. The fourth-order valence-electron chi connectivity index (χ4n) is 2.91. The van der Waals surface area contributed by atoms with Crippen molar-refractivity contribution in [3.05, 3.63) is 66.4 Å². The van der Waals surface area contributed by atoms with Crippen molar-refractivity contribution in [3.8, 4) is 17.1 Å². The summed E-state index contributed by atoms with van der Waals surface area (Å²) in [6.07, 6.45) is 1.73. The van der Waals surface area contributed by atoms with E-state index < -0.39 is 0 Å². The van der Waals surface area contributed by atoms with E-state index in [2.05, 4.69) is 48.3 Å². The number of hydrogen-bond donors (Lipinski definition) is 2. The van der Waals surface area contributed by atoms with Gasteiger partial charge in [-0.3, -0.25) is 0 Å². The summed E-state index contributed by atoms with van der Waals surface area (Å²) in [5.41, 5.74) is 3.65. The lowest BCUT2D eigenvalue weighted by atomic mass is 10.2. The van der Waals surface area contributed by atoms with Gasteiger partial charge in [0.2, 0.25) is 5.95 Å². The lowest BCUT2D eigenvalue weighted by Gasteiger charge is -2.10. The zero-order valence-electron chi connectivity index (χ0n) is 13.7. The molecule has 8 nitrogen and oxygen atoms in total. The maximum atomic E-state index is 4.62. The van der Waals surface area contributed by atoms with E-state index in [1.54, 1.807) is 10.9 Å². The van der Waals surface area contributed by atoms with Crippen molar-refractivity contribution in [2.24, 2.45) is 0 Å². The van der Waals surface area contributed by atoms with Crippen LogP contribution in [0.5, 0.6) is 0 Å². The zero-order chi connectivity index (χ0) is 17.3. The Morgan fingerprint density at radius 2 is 1.85 bits per heavy atom. The molecule has 3 heterocycles. The molecule has 2 aromatic carbocycles. The van der Waals surface area contributed by atoms with Crippen LogP contribution in [0.2, 0.25) is 0 Å². The van der Waals surface area contributed by atoms with Crippen molar-refractivity contribution in [3.63, 3.8) is 0 Å². The average Bonchev–Trinajstić information content (AvgIpc) is 3.13. The van der Waals surface area contributed by atoms with E-state index in [0.717, 1.165) is 22.5 Å². The van der Waals surface area contributed by atoms with Crippen molar-refractivity contribution in [1.82, 2.24) is 30.2 Å². The maximum Gasteiger partial charge on any atom is 0.224 e. The first-order chi connectivity index (χ1) is 12.9. The minimum absolute atomic E-state index is 0.540. The summed E-state index contributed by atoms with van der Waals surface area (Å²) < 4.78 is 1.69. The molecule has 0 bridgehead atoms. The standard InChI is InChI=1S/C18H14N8/c1-2-6-12(7-3-1)10-19-18-20-11-13-16(22-18)21-14-8-4-5-9-15(14)26-17(13)23-24-25-26/h1-9,11H,10H2,(H2,19,20,21,22). The number of para-hydroxylation sites is 2. The van der Waals surface area contributed by atoms with Gasteiger partial charge in [0.1, 0.15) is 5.82 Å². The largest absolute Gasteiger partial charge is 0.350 e. The Morgan fingerprint density at radius 1 is 1.00 bits per heavy atom. The van der Waals surface area contributed by atoms with E-state index in [9.17, 15) is 0 Å². The quantitative estimate of drug-likeness (QED) is 0.521. The second kappa shape index (κ2) is 5.92. The lowest BCUT2D eigenvalue weighted by molar-refractivity contribution is 0.793. The number of nitrogens with one attached hydrogen (secondary N) is 2. The molecule has 0 radical (unpaired) electrons. The third kappa shape index (κ3) is 2.44. The molecule has 0 fully saturated rings. The zero-order valence-corrected chi connectivity index (χ0v) is 13.7. The first-order valence-corrected chi connectivity index (χ1v) is 8.18. The van der Waals surface area contributed by atoms with Gasteiger partial charge in [0, 0.05) is 12.7 Å². The van der Waals surface area contributed by atoms with Crippen LogP contribution in [0.1, 0.15) is 5.56 Å². The molecule has 126 valence electrons. The smallest absolute Gasteiger partial charge is 0.224 e. The third-order valence-corrected chi connectivity index (χ3v) is 4.18. The Hall–Kier alpha value is -3.81. The molecule has 2 N–H and O–H groups in total. The van der Waals surface area contributed by atoms with Gasteiger partial charge in [0.05, 0.1) is 16.9 Å². The van der Waals surface area contributed by atoms with E-state index in [4.69, 9.17) is 0 Å². The molecular weight excluding hydrogens is 328 g/mol. The van der Waals surface area contributed by atoms with Crippen LogP contribution in [0.25, 0.3) is 17.1 Å². The van der Waals surface area contributed by atoms with E-state index in [1.165, 1.54) is 0 Å². The minimum atomic E-state index is 0.540. The number of hydrogen-bond acceptors (Lipinski definition) is 7. The second-order valence-electron chi connectivity index (χ2n) is 5.85. The molecule has 0 saturated carbocycles. The Labute approximate surface area is 148 Å². The van der Waals surface area contributed by atoms with Crippen LogP contribution >= 0.6 is 0 Å². The maximum absolute atomic E-state index is 4.62. The summed E-state index contributed by atoms with van der Waals surface area (Å²) in [6.45, 7) is 0.647. The normalized spacial score (nSPS) is 11.5. The molecule has 0 unspecified atom stereocenters. The number of nitrogens with zero attached hydrogens (tertiary/aromatic N) is 6. The number of aromatic nitrogens is 6. The molecule has 5 rings (SSSR count). The van der Waals surface area contributed by atoms with Gasteiger partial charge in [-0.25, -0.2) is 4.98 Å². The summed E-state index contributed by atoms with van der Waals surface area (Å²) in [6, 6.07) is 17.9. The molecule has 26 heavy (non-hydrogen) atoms. The average molecular weight is 342 g/mol. The Balaban J connectivity index is 1.53. The highest BCUT2D eigenvalue weighted by Gasteiger charge is 2.23. The SMILES string of the molecule is c1ccc(CNc2ncc3c(n2)Nc2ccccc2-n2nnnc2-3)cc1. The molecule has 1 aliphatic rings. The molecule has 1 aliphatic heterocycles. The molecule has 4 aromatic rings. The van der Waals surface area contributed by atoms with Crippen molar-refractivity contribution < 1.29 is 0 Å². The Bertz CT molecular complexity index is 1070. The fourth-order valence-corrected chi connectivity index (χ4v) is 2.91. The van der Waals surface area contributed by atoms with Gasteiger partial charge >= 0.3 is 0 Å². The highest BCUT2D eigenvalue weighted by atomic mass is 15.5. The third-order valence-electron chi connectivity index (χ3n) is 4.18. The number of anilines is 3. The van der Waals surface area contributed by atoms with Crippen LogP contribution in [0.15, 0.2) is 60.8 Å². The number of fused-ring (bicyclic) bond motifs is 5. The van der Waals surface area contributed by atoms with Crippen molar-refractivity contribution >= 4 is 17.5 Å². The Kier molecular flexibility index (Phi) is 3.31. The summed E-state index contributed by atoms with van der Waals surface area (Å²) >= 11 is 0. The van der Waals surface area contributed by atoms with Gasteiger partial charge < -0.3 is 10.6 Å². The van der Waals surface area contributed by atoms with E-state index >= 15 is 0 Å². The number of benzene rings is 2. The number of tetrazole rings is 1. The topological polar surface area (TPSA) is 93.4 Å². The predicted molar refractivity (Wildman–Crippen MR) is 97.2 cm³/mol. The predicted octanol–water partition coefficient (Wildman–Crippen LogP) is 2.79. The van der Waals surface area contributed by atoms with Crippen LogP contribution in [0, 0.1) is 0 Å². The molecule has 8 heteroatoms.